The van der Waals surface area contributed by atoms with Gasteiger partial charge in [0.05, 0.1) is 17.1 Å². The first-order chi connectivity index (χ1) is 15.8. The lowest BCUT2D eigenvalue weighted by atomic mass is 10.1. The molecule has 2 aromatic heterocycles. The number of nitrogen functional groups attached to an aromatic ring is 1. The van der Waals surface area contributed by atoms with Crippen molar-refractivity contribution in [2.24, 2.45) is 0 Å². The largest absolute Gasteiger partial charge is 0.375 e. The topological polar surface area (TPSA) is 119 Å². The molecule has 2 amide bonds. The number of ketones is 1. The second-order valence-electron chi connectivity index (χ2n) is 7.69. The summed E-state index contributed by atoms with van der Waals surface area (Å²) in [7, 11) is 0. The molecule has 0 spiro atoms. The summed E-state index contributed by atoms with van der Waals surface area (Å²) in [5.74, 6) is -2.56. The lowest BCUT2D eigenvalue weighted by Crippen LogP contribution is -2.32. The summed E-state index contributed by atoms with van der Waals surface area (Å²) in [6.07, 6.45) is 3.68. The van der Waals surface area contributed by atoms with Gasteiger partial charge in [0.2, 0.25) is 0 Å². The van der Waals surface area contributed by atoms with Crippen molar-refractivity contribution in [2.45, 2.75) is 39.3 Å². The molecule has 0 radical (unpaired) electrons. The zero-order valence-corrected chi connectivity index (χ0v) is 19.3. The van der Waals surface area contributed by atoms with E-state index in [2.05, 4.69) is 15.6 Å². The summed E-state index contributed by atoms with van der Waals surface area (Å²) in [6.45, 7) is 2.16. The molecule has 1 aliphatic heterocycles. The highest BCUT2D eigenvalue weighted by molar-refractivity contribution is 7.15. The maximum Gasteiger partial charge on any atom is 0.294 e. The number of carbonyl (C=O) groups excluding carboxylic acids is 3. The van der Waals surface area contributed by atoms with Gasteiger partial charge in [0.25, 0.3) is 17.6 Å². The Hall–Kier alpha value is -3.24. The van der Waals surface area contributed by atoms with Crippen LogP contribution in [0.2, 0.25) is 5.02 Å². The molecule has 0 fully saturated rings. The van der Waals surface area contributed by atoms with Gasteiger partial charge in [-0.25, -0.2) is 9.37 Å². The summed E-state index contributed by atoms with van der Waals surface area (Å²) < 4.78 is 15.2. The molecule has 4 N–H and O–H groups in total. The van der Waals surface area contributed by atoms with Crippen molar-refractivity contribution in [1.29, 1.82) is 0 Å². The van der Waals surface area contributed by atoms with Crippen molar-refractivity contribution in [3.8, 4) is 0 Å². The van der Waals surface area contributed by atoms with Gasteiger partial charge in [-0.05, 0) is 49.9 Å². The van der Waals surface area contributed by atoms with E-state index in [-0.39, 0.29) is 28.6 Å². The maximum absolute atomic E-state index is 13.6. The third-order valence-corrected chi connectivity index (χ3v) is 6.61. The quantitative estimate of drug-likeness (QED) is 0.360. The standard InChI is InChI=1S/C22H21ClFN5O3S/c1-11-8-12(5-6-14(11)24)28-20(31)16-15-4-2-3-7-29(15)18(17(16)23)19(30)21(32)26-9-13-10-27-22(25)33-13/h5-6,8,10H,2-4,7,9H2,1H3,(H2,25,27)(H,26,32)(H,28,31). The van der Waals surface area contributed by atoms with E-state index >= 15 is 0 Å². The first-order valence-electron chi connectivity index (χ1n) is 10.3. The molecule has 8 nitrogen and oxygen atoms in total. The second kappa shape index (κ2) is 9.32. The molecule has 4 rings (SSSR count). The summed E-state index contributed by atoms with van der Waals surface area (Å²) in [4.78, 5) is 43.3. The van der Waals surface area contributed by atoms with Gasteiger partial charge >= 0.3 is 0 Å². The van der Waals surface area contributed by atoms with Crippen molar-refractivity contribution >= 4 is 51.4 Å². The van der Waals surface area contributed by atoms with Crippen molar-refractivity contribution in [2.75, 3.05) is 11.1 Å². The Balaban J connectivity index is 1.61. The highest BCUT2D eigenvalue weighted by atomic mass is 35.5. The Bertz CT molecular complexity index is 1270. The summed E-state index contributed by atoms with van der Waals surface area (Å²) >= 11 is 7.74. The number of hydrogen-bond acceptors (Lipinski definition) is 6. The first kappa shape index (κ1) is 22.9. The molecule has 3 heterocycles. The SMILES string of the molecule is Cc1cc(NC(=O)c2c(Cl)c(C(=O)C(=O)NCc3cnc(N)s3)n3c2CCCC3)ccc1F. The number of Topliss-reactive ketones (excluding diaryl/α,β-unsaturated/α-hetero) is 1. The van der Waals surface area contributed by atoms with Gasteiger partial charge < -0.3 is 20.9 Å². The zero-order chi connectivity index (χ0) is 23.7. The van der Waals surface area contributed by atoms with Gasteiger partial charge in [0.1, 0.15) is 11.5 Å². The van der Waals surface area contributed by atoms with Crippen molar-refractivity contribution in [3.05, 3.63) is 62.6 Å². The number of thiazole rings is 1. The van der Waals surface area contributed by atoms with Crippen LogP contribution in [0.4, 0.5) is 15.2 Å². The minimum atomic E-state index is -0.837. The molecular weight excluding hydrogens is 469 g/mol. The summed E-state index contributed by atoms with van der Waals surface area (Å²) in [5, 5.41) is 5.57. The zero-order valence-electron chi connectivity index (χ0n) is 17.7. The second-order valence-corrected chi connectivity index (χ2v) is 9.21. The van der Waals surface area contributed by atoms with Crippen LogP contribution in [0.25, 0.3) is 0 Å². The molecule has 0 bridgehead atoms. The van der Waals surface area contributed by atoms with Gasteiger partial charge in [-0.2, -0.15) is 0 Å². The van der Waals surface area contributed by atoms with Crippen molar-refractivity contribution in [1.82, 2.24) is 14.9 Å². The molecular formula is C22H21ClFN5O3S. The molecule has 0 saturated heterocycles. The molecule has 172 valence electrons. The number of carbonyl (C=O) groups is 3. The van der Waals surface area contributed by atoms with Crippen LogP contribution in [-0.2, 0) is 24.3 Å². The van der Waals surface area contributed by atoms with E-state index in [0.717, 1.165) is 12.8 Å². The Kier molecular flexibility index (Phi) is 6.48. The van der Waals surface area contributed by atoms with Gasteiger partial charge in [0, 0.05) is 29.0 Å². The molecule has 3 aromatic rings. The number of fused-ring (bicyclic) bond motifs is 1. The Labute approximate surface area is 197 Å². The molecule has 33 heavy (non-hydrogen) atoms. The lowest BCUT2D eigenvalue weighted by molar-refractivity contribution is -0.117. The van der Waals surface area contributed by atoms with Gasteiger partial charge in [-0.15, -0.1) is 11.3 Å². The van der Waals surface area contributed by atoms with E-state index in [0.29, 0.717) is 39.9 Å². The number of aryl methyl sites for hydroxylation is 1. The fourth-order valence-electron chi connectivity index (χ4n) is 3.83. The fraction of sp³-hybridized carbons (Fsp3) is 0.273. The molecule has 1 aromatic carbocycles. The molecule has 0 unspecified atom stereocenters. The average Bonchev–Trinajstić information content (AvgIpc) is 3.33. The normalized spacial score (nSPS) is 12.8. The monoisotopic (exact) mass is 489 g/mol. The van der Waals surface area contributed by atoms with E-state index in [1.165, 1.54) is 35.7 Å². The Morgan fingerprint density at radius 2 is 2.09 bits per heavy atom. The molecule has 11 heteroatoms. The predicted octanol–water partition coefficient (Wildman–Crippen LogP) is 3.72. The minimum absolute atomic E-state index is 0.00637. The number of benzene rings is 1. The van der Waals surface area contributed by atoms with Crippen LogP contribution < -0.4 is 16.4 Å². The van der Waals surface area contributed by atoms with Crippen molar-refractivity contribution < 1.29 is 18.8 Å². The highest BCUT2D eigenvalue weighted by Gasteiger charge is 2.33. The number of halogens is 2. The molecule has 0 atom stereocenters. The van der Waals surface area contributed by atoms with Crippen molar-refractivity contribution in [3.63, 3.8) is 0 Å². The lowest BCUT2D eigenvalue weighted by Gasteiger charge is -2.18. The Morgan fingerprint density at radius 3 is 2.79 bits per heavy atom. The van der Waals surface area contributed by atoms with Crippen LogP contribution >= 0.6 is 22.9 Å². The third kappa shape index (κ3) is 4.62. The Morgan fingerprint density at radius 1 is 1.30 bits per heavy atom. The van der Waals surface area contributed by atoms with Gasteiger partial charge in [-0.3, -0.25) is 14.4 Å². The van der Waals surface area contributed by atoms with E-state index in [1.54, 1.807) is 11.5 Å². The number of anilines is 2. The van der Waals surface area contributed by atoms with Crippen LogP contribution in [0.15, 0.2) is 24.4 Å². The number of hydrogen-bond donors (Lipinski definition) is 3. The van der Waals surface area contributed by atoms with Crippen LogP contribution in [0, 0.1) is 12.7 Å². The minimum Gasteiger partial charge on any atom is -0.375 e. The van der Waals surface area contributed by atoms with Crippen LogP contribution in [0.3, 0.4) is 0 Å². The van der Waals surface area contributed by atoms with E-state index < -0.39 is 17.6 Å². The predicted molar refractivity (Wildman–Crippen MR) is 124 cm³/mol. The summed E-state index contributed by atoms with van der Waals surface area (Å²) in [5.41, 5.74) is 7.13. The smallest absolute Gasteiger partial charge is 0.294 e. The van der Waals surface area contributed by atoms with E-state index in [1.807, 2.05) is 0 Å². The number of nitrogens with zero attached hydrogens (tertiary/aromatic N) is 2. The number of nitrogens with two attached hydrogens (primary N) is 1. The third-order valence-electron chi connectivity index (χ3n) is 5.42. The fourth-order valence-corrected chi connectivity index (χ4v) is 4.84. The van der Waals surface area contributed by atoms with Gasteiger partial charge in [0.15, 0.2) is 5.13 Å². The van der Waals surface area contributed by atoms with Gasteiger partial charge in [-0.1, -0.05) is 11.6 Å². The van der Waals surface area contributed by atoms with Crippen LogP contribution in [-0.4, -0.2) is 27.1 Å². The highest BCUT2D eigenvalue weighted by Crippen LogP contribution is 2.33. The average molecular weight is 490 g/mol. The van der Waals surface area contributed by atoms with Crippen LogP contribution in [0.1, 0.15) is 49.8 Å². The molecule has 0 saturated carbocycles. The van der Waals surface area contributed by atoms with Crippen LogP contribution in [0.5, 0.6) is 0 Å². The number of amides is 2. The van der Waals surface area contributed by atoms with E-state index in [9.17, 15) is 18.8 Å². The number of aromatic nitrogens is 2. The molecule has 0 aliphatic carbocycles. The molecule has 1 aliphatic rings. The first-order valence-corrected chi connectivity index (χ1v) is 11.5. The summed E-state index contributed by atoms with van der Waals surface area (Å²) in [6, 6.07) is 4.22. The number of nitrogens with one attached hydrogen (secondary N) is 2. The van der Waals surface area contributed by atoms with E-state index in [4.69, 9.17) is 17.3 Å². The number of rotatable bonds is 6. The maximum atomic E-state index is 13.6.